The number of fused-ring (bicyclic) bond motifs is 1. The molecule has 0 atom stereocenters. The van der Waals surface area contributed by atoms with Crippen LogP contribution in [0.15, 0.2) is 36.7 Å². The first-order chi connectivity index (χ1) is 10.9. The van der Waals surface area contributed by atoms with Gasteiger partial charge in [-0.1, -0.05) is 17.3 Å². The Morgan fingerprint density at radius 1 is 1.18 bits per heavy atom. The van der Waals surface area contributed by atoms with Crippen molar-refractivity contribution in [2.24, 2.45) is 0 Å². The Bertz CT molecular complexity index is 733. The van der Waals surface area contributed by atoms with E-state index in [2.05, 4.69) is 25.6 Å². The average Bonchev–Trinajstić information content (AvgIpc) is 3.09. The number of nitrogens with one attached hydrogen (secondary N) is 1. The Hall–Kier alpha value is -2.19. The SMILES string of the molecule is OCCSCCNc1nc(-n2ccnn2)nc2ccccc12. The number of para-hydroxylation sites is 1. The third-order valence-corrected chi connectivity index (χ3v) is 3.96. The summed E-state index contributed by atoms with van der Waals surface area (Å²) >= 11 is 1.70. The predicted molar refractivity (Wildman–Crippen MR) is 87.4 cm³/mol. The lowest BCUT2D eigenvalue weighted by atomic mass is 10.2. The van der Waals surface area contributed by atoms with Crippen LogP contribution in [0.25, 0.3) is 16.9 Å². The molecule has 2 aromatic heterocycles. The van der Waals surface area contributed by atoms with E-state index in [1.54, 1.807) is 24.2 Å². The Balaban J connectivity index is 1.86. The summed E-state index contributed by atoms with van der Waals surface area (Å²) < 4.78 is 1.54. The number of rotatable bonds is 7. The van der Waals surface area contributed by atoms with E-state index >= 15 is 0 Å². The van der Waals surface area contributed by atoms with Crippen molar-refractivity contribution in [3.05, 3.63) is 36.7 Å². The van der Waals surface area contributed by atoms with Crippen LogP contribution < -0.4 is 5.32 Å². The number of aromatic nitrogens is 5. The van der Waals surface area contributed by atoms with E-state index in [1.807, 2.05) is 24.3 Å². The van der Waals surface area contributed by atoms with Crippen LogP contribution in [-0.4, -0.2) is 54.7 Å². The van der Waals surface area contributed by atoms with E-state index in [1.165, 1.54) is 4.68 Å². The molecule has 22 heavy (non-hydrogen) atoms. The van der Waals surface area contributed by atoms with Gasteiger partial charge in [0.15, 0.2) is 0 Å². The predicted octanol–water partition coefficient (Wildman–Crippen LogP) is 1.35. The maximum absolute atomic E-state index is 8.79. The second-order valence-electron chi connectivity index (χ2n) is 4.50. The number of nitrogens with zero attached hydrogens (tertiary/aromatic N) is 5. The molecule has 0 saturated carbocycles. The second-order valence-corrected chi connectivity index (χ2v) is 5.72. The molecule has 0 amide bonds. The fraction of sp³-hybridized carbons (Fsp3) is 0.286. The van der Waals surface area contributed by atoms with Crippen molar-refractivity contribution < 1.29 is 5.11 Å². The number of anilines is 1. The van der Waals surface area contributed by atoms with E-state index < -0.39 is 0 Å². The van der Waals surface area contributed by atoms with E-state index in [-0.39, 0.29) is 6.61 Å². The number of aliphatic hydroxyl groups excluding tert-OH is 1. The maximum Gasteiger partial charge on any atom is 0.254 e. The van der Waals surface area contributed by atoms with Gasteiger partial charge in [0.1, 0.15) is 5.82 Å². The number of benzene rings is 1. The normalized spacial score (nSPS) is 11.0. The maximum atomic E-state index is 8.79. The van der Waals surface area contributed by atoms with Crippen molar-refractivity contribution in [3.63, 3.8) is 0 Å². The van der Waals surface area contributed by atoms with Gasteiger partial charge in [0, 0.05) is 23.4 Å². The van der Waals surface area contributed by atoms with Crippen molar-refractivity contribution in [2.45, 2.75) is 0 Å². The van der Waals surface area contributed by atoms with Gasteiger partial charge in [0.05, 0.1) is 24.5 Å². The molecule has 0 unspecified atom stereocenters. The van der Waals surface area contributed by atoms with Crippen molar-refractivity contribution >= 4 is 28.5 Å². The summed E-state index contributed by atoms with van der Waals surface area (Å²) in [6.07, 6.45) is 3.31. The molecule has 0 radical (unpaired) electrons. The van der Waals surface area contributed by atoms with Crippen LogP contribution in [0.5, 0.6) is 0 Å². The van der Waals surface area contributed by atoms with Gasteiger partial charge < -0.3 is 10.4 Å². The first kappa shape index (κ1) is 14.7. The van der Waals surface area contributed by atoms with Crippen molar-refractivity contribution in [3.8, 4) is 5.95 Å². The molecule has 114 valence electrons. The molecule has 0 bridgehead atoms. The zero-order chi connectivity index (χ0) is 15.2. The second kappa shape index (κ2) is 7.19. The summed E-state index contributed by atoms with van der Waals surface area (Å²) in [7, 11) is 0. The zero-order valence-corrected chi connectivity index (χ0v) is 12.7. The Labute approximate surface area is 131 Å². The summed E-state index contributed by atoms with van der Waals surface area (Å²) in [5, 5.41) is 20.8. The minimum Gasteiger partial charge on any atom is -0.396 e. The van der Waals surface area contributed by atoms with Gasteiger partial charge in [-0.25, -0.2) is 4.98 Å². The summed E-state index contributed by atoms with van der Waals surface area (Å²) in [5.41, 5.74) is 0.855. The van der Waals surface area contributed by atoms with Crippen molar-refractivity contribution in [1.29, 1.82) is 0 Å². The Kier molecular flexibility index (Phi) is 4.81. The lowest BCUT2D eigenvalue weighted by Gasteiger charge is -2.10. The summed E-state index contributed by atoms with van der Waals surface area (Å²) in [6.45, 7) is 0.972. The standard InChI is InChI=1S/C14H16N6OS/c21-8-10-22-9-6-15-13-11-3-1-2-4-12(11)17-14(18-13)20-7-5-16-19-20/h1-5,7,21H,6,8-10H2,(H,15,17,18). The molecule has 0 spiro atoms. The highest BCUT2D eigenvalue weighted by molar-refractivity contribution is 7.99. The van der Waals surface area contributed by atoms with Crippen LogP contribution in [0, 0.1) is 0 Å². The molecule has 0 saturated heterocycles. The summed E-state index contributed by atoms with van der Waals surface area (Å²) in [4.78, 5) is 9.05. The smallest absolute Gasteiger partial charge is 0.254 e. The quantitative estimate of drug-likeness (QED) is 0.636. The lowest BCUT2D eigenvalue weighted by Crippen LogP contribution is -2.10. The minimum absolute atomic E-state index is 0.206. The highest BCUT2D eigenvalue weighted by Crippen LogP contribution is 2.21. The van der Waals surface area contributed by atoms with Crippen molar-refractivity contribution in [1.82, 2.24) is 25.0 Å². The molecule has 0 fully saturated rings. The van der Waals surface area contributed by atoms with Gasteiger partial charge in [-0.2, -0.15) is 21.4 Å². The first-order valence-corrected chi connectivity index (χ1v) is 8.10. The summed E-state index contributed by atoms with van der Waals surface area (Å²) in [6, 6.07) is 7.85. The van der Waals surface area contributed by atoms with Crippen LogP contribution in [0.2, 0.25) is 0 Å². The first-order valence-electron chi connectivity index (χ1n) is 6.94. The van der Waals surface area contributed by atoms with Crippen LogP contribution in [-0.2, 0) is 0 Å². The third kappa shape index (κ3) is 3.34. The van der Waals surface area contributed by atoms with Gasteiger partial charge in [-0.3, -0.25) is 0 Å². The Morgan fingerprint density at radius 2 is 2.09 bits per heavy atom. The molecular formula is C14H16N6OS. The van der Waals surface area contributed by atoms with E-state index in [4.69, 9.17) is 5.11 Å². The topological polar surface area (TPSA) is 88.8 Å². The fourth-order valence-corrected chi connectivity index (χ4v) is 2.60. The van der Waals surface area contributed by atoms with Gasteiger partial charge in [-0.05, 0) is 12.1 Å². The number of hydrogen-bond acceptors (Lipinski definition) is 7. The van der Waals surface area contributed by atoms with Crippen LogP contribution in [0.4, 0.5) is 5.82 Å². The zero-order valence-electron chi connectivity index (χ0n) is 11.9. The van der Waals surface area contributed by atoms with Crippen LogP contribution in [0.1, 0.15) is 0 Å². The summed E-state index contributed by atoms with van der Waals surface area (Å²) in [5.74, 6) is 2.91. The van der Waals surface area contributed by atoms with E-state index in [0.717, 1.165) is 34.8 Å². The minimum atomic E-state index is 0.206. The number of hydrogen-bond donors (Lipinski definition) is 2. The molecule has 0 aliphatic heterocycles. The van der Waals surface area contributed by atoms with Crippen molar-refractivity contribution in [2.75, 3.05) is 30.0 Å². The largest absolute Gasteiger partial charge is 0.396 e. The lowest BCUT2D eigenvalue weighted by molar-refractivity contribution is 0.322. The molecular weight excluding hydrogens is 300 g/mol. The molecule has 0 aliphatic carbocycles. The molecule has 2 N–H and O–H groups in total. The molecule has 7 nitrogen and oxygen atoms in total. The van der Waals surface area contributed by atoms with E-state index in [0.29, 0.717) is 5.95 Å². The monoisotopic (exact) mass is 316 g/mol. The van der Waals surface area contributed by atoms with Gasteiger partial charge in [0.2, 0.25) is 0 Å². The molecule has 3 aromatic rings. The van der Waals surface area contributed by atoms with Crippen LogP contribution >= 0.6 is 11.8 Å². The highest BCUT2D eigenvalue weighted by Gasteiger charge is 2.09. The Morgan fingerprint density at radius 3 is 2.91 bits per heavy atom. The third-order valence-electron chi connectivity index (χ3n) is 2.99. The average molecular weight is 316 g/mol. The molecule has 2 heterocycles. The van der Waals surface area contributed by atoms with E-state index in [9.17, 15) is 0 Å². The molecule has 0 aliphatic rings. The van der Waals surface area contributed by atoms with Gasteiger partial charge in [-0.15, -0.1) is 5.10 Å². The number of thioether (sulfide) groups is 1. The number of aliphatic hydroxyl groups is 1. The highest BCUT2D eigenvalue weighted by atomic mass is 32.2. The van der Waals surface area contributed by atoms with Gasteiger partial charge in [0.25, 0.3) is 5.95 Å². The fourth-order valence-electron chi connectivity index (χ4n) is 2.02. The van der Waals surface area contributed by atoms with Crippen LogP contribution in [0.3, 0.4) is 0 Å². The van der Waals surface area contributed by atoms with Gasteiger partial charge >= 0.3 is 0 Å². The molecule has 1 aromatic carbocycles. The molecule has 3 rings (SSSR count). The molecule has 8 heteroatoms.